The Morgan fingerprint density at radius 2 is 2.00 bits per heavy atom. The van der Waals surface area contributed by atoms with Gasteiger partial charge in [-0.2, -0.15) is 0 Å². The summed E-state index contributed by atoms with van der Waals surface area (Å²) >= 11 is 0. The van der Waals surface area contributed by atoms with Gasteiger partial charge in [0.1, 0.15) is 0 Å². The molecule has 1 aliphatic rings. The molecule has 15 heavy (non-hydrogen) atoms. The summed E-state index contributed by atoms with van der Waals surface area (Å²) in [5.41, 5.74) is 3.18. The van der Waals surface area contributed by atoms with Crippen LogP contribution in [0.5, 0.6) is 0 Å². The van der Waals surface area contributed by atoms with Gasteiger partial charge < -0.3 is 5.32 Å². The van der Waals surface area contributed by atoms with E-state index in [4.69, 9.17) is 0 Å². The Hall–Kier alpha value is -0.980. The van der Waals surface area contributed by atoms with E-state index in [1.807, 2.05) is 0 Å². The number of nitrogens with one attached hydrogen (secondary N) is 1. The molecule has 1 heteroatoms. The first-order chi connectivity index (χ1) is 7.07. The summed E-state index contributed by atoms with van der Waals surface area (Å²) in [5, 5.41) is 3.66. The maximum atomic E-state index is 3.66. The van der Waals surface area contributed by atoms with Gasteiger partial charge in [0.15, 0.2) is 0 Å². The predicted molar refractivity (Wildman–Crippen MR) is 66.2 cm³/mol. The summed E-state index contributed by atoms with van der Waals surface area (Å²) in [7, 11) is 0. The van der Waals surface area contributed by atoms with Crippen molar-refractivity contribution >= 4 is 5.69 Å². The van der Waals surface area contributed by atoms with Crippen molar-refractivity contribution in [1.82, 2.24) is 0 Å². The number of hydrogen-bond donors (Lipinski definition) is 1. The van der Waals surface area contributed by atoms with Crippen LogP contribution in [0.1, 0.15) is 38.7 Å². The normalized spacial score (nSPS) is 24.1. The lowest BCUT2D eigenvalue weighted by atomic mass is 9.92. The zero-order chi connectivity index (χ0) is 10.9. The van der Waals surface area contributed by atoms with Crippen LogP contribution in [0.4, 0.5) is 5.69 Å². The molecule has 82 valence electrons. The van der Waals surface area contributed by atoms with Gasteiger partial charge >= 0.3 is 0 Å². The topological polar surface area (TPSA) is 12.0 Å². The molecule has 1 aromatic carbocycles. The van der Waals surface area contributed by atoms with Crippen molar-refractivity contribution in [3.05, 3.63) is 29.8 Å². The Kier molecular flexibility index (Phi) is 2.72. The fraction of sp³-hybridized carbons (Fsp3) is 0.571. The van der Waals surface area contributed by atoms with E-state index in [1.54, 1.807) is 0 Å². The van der Waals surface area contributed by atoms with Gasteiger partial charge in [0.05, 0.1) is 0 Å². The van der Waals surface area contributed by atoms with E-state index in [1.165, 1.54) is 30.5 Å². The Morgan fingerprint density at radius 1 is 1.27 bits per heavy atom. The summed E-state index contributed by atoms with van der Waals surface area (Å²) in [5.74, 6) is 0. The van der Waals surface area contributed by atoms with Gasteiger partial charge in [0.2, 0.25) is 0 Å². The van der Waals surface area contributed by atoms with Crippen molar-refractivity contribution in [1.29, 1.82) is 0 Å². The lowest BCUT2D eigenvalue weighted by Gasteiger charge is -2.19. The number of para-hydroxylation sites is 1. The van der Waals surface area contributed by atoms with Crippen molar-refractivity contribution in [3.8, 4) is 0 Å². The molecule has 0 aliphatic heterocycles. The second-order valence-corrected chi connectivity index (χ2v) is 5.56. The molecule has 0 aromatic heterocycles. The van der Waals surface area contributed by atoms with E-state index in [2.05, 4.69) is 50.4 Å². The zero-order valence-electron chi connectivity index (χ0n) is 10.0. The molecular formula is C14H21N. The molecule has 0 heterocycles. The van der Waals surface area contributed by atoms with Gasteiger partial charge in [-0.15, -0.1) is 0 Å². The molecule has 1 fully saturated rings. The van der Waals surface area contributed by atoms with Crippen molar-refractivity contribution in [3.63, 3.8) is 0 Å². The fourth-order valence-electron chi connectivity index (χ4n) is 2.51. The maximum absolute atomic E-state index is 3.66. The van der Waals surface area contributed by atoms with Crippen LogP contribution in [0.2, 0.25) is 0 Å². The molecule has 1 saturated carbocycles. The van der Waals surface area contributed by atoms with E-state index in [-0.39, 0.29) is 0 Å². The average molecular weight is 203 g/mol. The van der Waals surface area contributed by atoms with Crippen LogP contribution in [-0.2, 0) is 0 Å². The van der Waals surface area contributed by atoms with Crippen LogP contribution < -0.4 is 5.32 Å². The molecule has 2 rings (SSSR count). The van der Waals surface area contributed by atoms with E-state index < -0.39 is 0 Å². The Balaban J connectivity index is 2.02. The smallest absolute Gasteiger partial charge is 0.0372 e. The van der Waals surface area contributed by atoms with E-state index in [9.17, 15) is 0 Å². The minimum atomic E-state index is 0.528. The fourth-order valence-corrected chi connectivity index (χ4v) is 2.51. The maximum Gasteiger partial charge on any atom is 0.0372 e. The lowest BCUT2D eigenvalue weighted by Crippen LogP contribution is -2.18. The van der Waals surface area contributed by atoms with Gasteiger partial charge in [0.25, 0.3) is 0 Å². The molecule has 0 radical (unpaired) electrons. The molecule has 0 amide bonds. The highest BCUT2D eigenvalue weighted by atomic mass is 14.9. The first-order valence-electron chi connectivity index (χ1n) is 5.89. The SMILES string of the molecule is Cc1ccccc1NC1CCC(C)(C)C1. The minimum absolute atomic E-state index is 0.528. The summed E-state index contributed by atoms with van der Waals surface area (Å²) in [6, 6.07) is 9.22. The van der Waals surface area contributed by atoms with E-state index in [0.717, 1.165) is 0 Å². The van der Waals surface area contributed by atoms with Gasteiger partial charge in [-0.3, -0.25) is 0 Å². The third-order valence-corrected chi connectivity index (χ3v) is 3.47. The Morgan fingerprint density at radius 3 is 2.60 bits per heavy atom. The van der Waals surface area contributed by atoms with Crippen molar-refractivity contribution in [2.75, 3.05) is 5.32 Å². The van der Waals surface area contributed by atoms with Crippen LogP contribution in [0, 0.1) is 12.3 Å². The van der Waals surface area contributed by atoms with Crippen molar-refractivity contribution in [2.45, 2.75) is 46.1 Å². The summed E-state index contributed by atoms with van der Waals surface area (Å²) < 4.78 is 0. The first kappa shape index (κ1) is 10.5. The van der Waals surface area contributed by atoms with Crippen LogP contribution in [0.3, 0.4) is 0 Å². The third-order valence-electron chi connectivity index (χ3n) is 3.47. The second-order valence-electron chi connectivity index (χ2n) is 5.56. The zero-order valence-corrected chi connectivity index (χ0v) is 10.0. The summed E-state index contributed by atoms with van der Waals surface area (Å²) in [6.07, 6.45) is 3.94. The molecule has 1 aromatic rings. The lowest BCUT2D eigenvalue weighted by molar-refractivity contribution is 0.378. The van der Waals surface area contributed by atoms with Gasteiger partial charge in [-0.25, -0.2) is 0 Å². The Bertz CT molecular complexity index is 341. The molecule has 1 N–H and O–H groups in total. The van der Waals surface area contributed by atoms with Gasteiger partial charge in [-0.1, -0.05) is 32.0 Å². The highest BCUT2D eigenvalue weighted by Crippen LogP contribution is 2.38. The standard InChI is InChI=1S/C14H21N/c1-11-6-4-5-7-13(11)15-12-8-9-14(2,3)10-12/h4-7,12,15H,8-10H2,1-3H3. The van der Waals surface area contributed by atoms with E-state index >= 15 is 0 Å². The molecule has 1 unspecified atom stereocenters. The van der Waals surface area contributed by atoms with Gasteiger partial charge in [0, 0.05) is 11.7 Å². The third kappa shape index (κ3) is 2.53. The molecule has 1 aliphatic carbocycles. The Labute approximate surface area is 92.9 Å². The minimum Gasteiger partial charge on any atom is -0.382 e. The number of rotatable bonds is 2. The largest absolute Gasteiger partial charge is 0.382 e. The molecule has 1 atom stereocenters. The molecular weight excluding hydrogens is 182 g/mol. The number of hydrogen-bond acceptors (Lipinski definition) is 1. The monoisotopic (exact) mass is 203 g/mol. The molecule has 1 nitrogen and oxygen atoms in total. The molecule has 0 saturated heterocycles. The quantitative estimate of drug-likeness (QED) is 0.766. The molecule has 0 bridgehead atoms. The second kappa shape index (κ2) is 3.88. The predicted octanol–water partition coefficient (Wildman–Crippen LogP) is 3.99. The van der Waals surface area contributed by atoms with Crippen molar-refractivity contribution in [2.24, 2.45) is 5.41 Å². The number of anilines is 1. The average Bonchev–Trinajstić information content (AvgIpc) is 2.50. The van der Waals surface area contributed by atoms with E-state index in [0.29, 0.717) is 11.5 Å². The van der Waals surface area contributed by atoms with Crippen molar-refractivity contribution < 1.29 is 0 Å². The van der Waals surface area contributed by atoms with Gasteiger partial charge in [-0.05, 0) is 43.2 Å². The van der Waals surface area contributed by atoms with Crippen LogP contribution in [0.25, 0.3) is 0 Å². The first-order valence-corrected chi connectivity index (χ1v) is 5.89. The highest BCUT2D eigenvalue weighted by Gasteiger charge is 2.30. The molecule has 0 spiro atoms. The summed E-state index contributed by atoms with van der Waals surface area (Å²) in [4.78, 5) is 0. The number of benzene rings is 1. The van der Waals surface area contributed by atoms with Crippen LogP contribution >= 0.6 is 0 Å². The van der Waals surface area contributed by atoms with Crippen LogP contribution in [-0.4, -0.2) is 6.04 Å². The summed E-state index contributed by atoms with van der Waals surface area (Å²) in [6.45, 7) is 6.90. The highest BCUT2D eigenvalue weighted by molar-refractivity contribution is 5.51. The van der Waals surface area contributed by atoms with Crippen LogP contribution in [0.15, 0.2) is 24.3 Å². The number of aryl methyl sites for hydroxylation is 1.